The second-order valence-electron chi connectivity index (χ2n) is 9.05. The van der Waals surface area contributed by atoms with Crippen molar-refractivity contribution in [2.75, 3.05) is 31.6 Å². The molecule has 1 aromatic heterocycles. The largest absolute Gasteiger partial charge is 0.348 e. The molecule has 0 radical (unpaired) electrons. The van der Waals surface area contributed by atoms with Crippen molar-refractivity contribution in [2.45, 2.75) is 56.5 Å². The van der Waals surface area contributed by atoms with Crippen LogP contribution in [0.1, 0.15) is 49.1 Å². The van der Waals surface area contributed by atoms with Crippen LogP contribution in [0.15, 0.2) is 36.7 Å². The van der Waals surface area contributed by atoms with Crippen molar-refractivity contribution < 1.29 is 9.59 Å². The van der Waals surface area contributed by atoms with E-state index < -0.39 is 6.04 Å². The molecule has 2 aliphatic rings. The number of carbonyl (C=O) groups excluding carboxylic acids is 2. The Bertz CT molecular complexity index is 924. The summed E-state index contributed by atoms with van der Waals surface area (Å²) in [6, 6.07) is 9.75. The summed E-state index contributed by atoms with van der Waals surface area (Å²) in [6.45, 7) is 2.29. The van der Waals surface area contributed by atoms with Gasteiger partial charge in [0.2, 0.25) is 11.8 Å². The summed E-state index contributed by atoms with van der Waals surface area (Å²) in [5.41, 5.74) is 3.43. The first-order valence-electron chi connectivity index (χ1n) is 12.0. The van der Waals surface area contributed by atoms with Gasteiger partial charge in [0.1, 0.15) is 6.04 Å². The number of likely N-dealkylation sites (tertiary alicyclic amines) is 1. The molecule has 1 saturated heterocycles. The molecule has 2 amide bonds. The summed E-state index contributed by atoms with van der Waals surface area (Å²) < 4.78 is 0. The topological polar surface area (TPSA) is 90.1 Å². The Kier molecular flexibility index (Phi) is 8.09. The maximum absolute atomic E-state index is 13.4. The maximum atomic E-state index is 13.4. The minimum atomic E-state index is -0.448. The molecule has 0 aliphatic carbocycles. The molecule has 0 bridgehead atoms. The number of aromatic nitrogens is 2. The lowest BCUT2D eigenvalue weighted by atomic mass is 9.80. The van der Waals surface area contributed by atoms with Gasteiger partial charge >= 0.3 is 0 Å². The van der Waals surface area contributed by atoms with Gasteiger partial charge in [-0.2, -0.15) is 11.8 Å². The average Bonchev–Trinajstić information content (AvgIpc) is 3.33. The molecule has 2 aliphatic heterocycles. The van der Waals surface area contributed by atoms with Gasteiger partial charge in [-0.15, -0.1) is 0 Å². The lowest BCUT2D eigenvalue weighted by Gasteiger charge is -2.44. The first-order valence-corrected chi connectivity index (χ1v) is 13.4. The summed E-state index contributed by atoms with van der Waals surface area (Å²) in [4.78, 5) is 35.8. The van der Waals surface area contributed by atoms with Crippen LogP contribution in [-0.4, -0.2) is 64.4 Å². The van der Waals surface area contributed by atoms with Crippen LogP contribution in [0.2, 0.25) is 0 Å². The standard InChI is InChI=1S/C25H35N5O2S/c1-33-17-11-21(29-22(31)9-5-8-19-6-3-2-4-7-19)24(32)30-15-12-25(13-16-30)23-20(10-14-28-25)26-18-27-23/h2-4,6-7,18,21,28H,5,8-17H2,1H3,(H,26,27)(H,29,31)/t21-/m1/s1. The van der Waals surface area contributed by atoms with E-state index in [9.17, 15) is 9.59 Å². The first kappa shape index (κ1) is 23.8. The van der Waals surface area contributed by atoms with Crippen molar-refractivity contribution in [1.29, 1.82) is 0 Å². The quantitative estimate of drug-likeness (QED) is 0.525. The van der Waals surface area contributed by atoms with E-state index in [0.29, 0.717) is 25.9 Å². The summed E-state index contributed by atoms with van der Waals surface area (Å²) in [6.07, 6.45) is 9.21. The molecular formula is C25H35N5O2S. The maximum Gasteiger partial charge on any atom is 0.245 e. The summed E-state index contributed by atoms with van der Waals surface area (Å²) in [5.74, 6) is 0.860. The van der Waals surface area contributed by atoms with Crippen LogP contribution in [0, 0.1) is 0 Å². The fourth-order valence-electron chi connectivity index (χ4n) is 5.03. The van der Waals surface area contributed by atoms with Gasteiger partial charge in [0, 0.05) is 38.2 Å². The molecule has 4 rings (SSSR count). The van der Waals surface area contributed by atoms with E-state index in [1.165, 1.54) is 11.3 Å². The number of thioether (sulfide) groups is 1. The number of fused-ring (bicyclic) bond motifs is 2. The van der Waals surface area contributed by atoms with Crippen LogP contribution < -0.4 is 10.6 Å². The van der Waals surface area contributed by atoms with Crippen molar-refractivity contribution in [3.05, 3.63) is 53.6 Å². The second kappa shape index (κ2) is 11.2. The van der Waals surface area contributed by atoms with Crippen LogP contribution in [-0.2, 0) is 28.0 Å². The van der Waals surface area contributed by atoms with Crippen LogP contribution in [0.3, 0.4) is 0 Å². The minimum Gasteiger partial charge on any atom is -0.348 e. The molecule has 8 heteroatoms. The number of carbonyl (C=O) groups is 2. The Morgan fingerprint density at radius 3 is 2.79 bits per heavy atom. The first-order chi connectivity index (χ1) is 16.1. The number of H-pyrrole nitrogens is 1. The summed E-state index contributed by atoms with van der Waals surface area (Å²) >= 11 is 1.70. The smallest absolute Gasteiger partial charge is 0.245 e. The normalized spacial score (nSPS) is 18.0. The number of hydrogen-bond acceptors (Lipinski definition) is 5. The van der Waals surface area contributed by atoms with Crippen molar-refractivity contribution in [3.8, 4) is 0 Å². The number of amides is 2. The fourth-order valence-corrected chi connectivity index (χ4v) is 5.51. The minimum absolute atomic E-state index is 0.0334. The third kappa shape index (κ3) is 5.79. The molecular weight excluding hydrogens is 434 g/mol. The Morgan fingerprint density at radius 2 is 2.03 bits per heavy atom. The molecule has 0 unspecified atom stereocenters. The van der Waals surface area contributed by atoms with Crippen molar-refractivity contribution in [1.82, 2.24) is 25.5 Å². The molecule has 33 heavy (non-hydrogen) atoms. The molecule has 1 spiro atoms. The average molecular weight is 470 g/mol. The number of rotatable bonds is 9. The number of aryl methyl sites for hydroxylation is 1. The number of imidazole rings is 1. The van der Waals surface area contributed by atoms with Crippen LogP contribution in [0.5, 0.6) is 0 Å². The van der Waals surface area contributed by atoms with E-state index >= 15 is 0 Å². The zero-order chi connectivity index (χ0) is 23.1. The number of nitrogens with one attached hydrogen (secondary N) is 3. The summed E-state index contributed by atoms with van der Waals surface area (Å²) in [5, 5.41) is 6.72. The number of nitrogens with zero attached hydrogens (tertiary/aromatic N) is 2. The van der Waals surface area contributed by atoms with E-state index in [1.807, 2.05) is 29.4 Å². The highest BCUT2D eigenvalue weighted by atomic mass is 32.2. The van der Waals surface area contributed by atoms with Gasteiger partial charge in [-0.25, -0.2) is 4.98 Å². The predicted molar refractivity (Wildman–Crippen MR) is 132 cm³/mol. The van der Waals surface area contributed by atoms with Crippen LogP contribution >= 0.6 is 11.8 Å². The highest BCUT2D eigenvalue weighted by Gasteiger charge is 2.42. The molecule has 7 nitrogen and oxygen atoms in total. The van der Waals surface area contributed by atoms with E-state index in [0.717, 1.165) is 50.1 Å². The number of benzene rings is 1. The zero-order valence-corrected chi connectivity index (χ0v) is 20.3. The molecule has 1 aromatic carbocycles. The van der Waals surface area contributed by atoms with Gasteiger partial charge in [-0.1, -0.05) is 30.3 Å². The number of aromatic amines is 1. The Morgan fingerprint density at radius 1 is 1.24 bits per heavy atom. The van der Waals surface area contributed by atoms with Gasteiger partial charge in [0.25, 0.3) is 0 Å². The number of piperidine rings is 1. The number of hydrogen-bond donors (Lipinski definition) is 3. The summed E-state index contributed by atoms with van der Waals surface area (Å²) in [7, 11) is 0. The predicted octanol–water partition coefficient (Wildman–Crippen LogP) is 2.63. The van der Waals surface area contributed by atoms with Gasteiger partial charge in [-0.05, 0) is 49.7 Å². The van der Waals surface area contributed by atoms with Gasteiger partial charge in [-0.3, -0.25) is 9.59 Å². The van der Waals surface area contributed by atoms with Crippen molar-refractivity contribution in [2.24, 2.45) is 0 Å². The zero-order valence-electron chi connectivity index (χ0n) is 19.4. The van der Waals surface area contributed by atoms with E-state index in [1.54, 1.807) is 18.1 Å². The molecule has 2 aromatic rings. The van der Waals surface area contributed by atoms with Gasteiger partial charge in [0.15, 0.2) is 0 Å². The van der Waals surface area contributed by atoms with E-state index in [2.05, 4.69) is 32.7 Å². The molecule has 178 valence electrons. The van der Waals surface area contributed by atoms with E-state index in [-0.39, 0.29) is 17.4 Å². The Balaban J connectivity index is 1.31. The van der Waals surface area contributed by atoms with Crippen molar-refractivity contribution in [3.63, 3.8) is 0 Å². The second-order valence-corrected chi connectivity index (χ2v) is 10.0. The molecule has 0 saturated carbocycles. The lowest BCUT2D eigenvalue weighted by molar-refractivity contribution is -0.138. The van der Waals surface area contributed by atoms with Crippen LogP contribution in [0.25, 0.3) is 0 Å². The molecule has 3 N–H and O–H groups in total. The molecule has 3 heterocycles. The highest BCUT2D eigenvalue weighted by Crippen LogP contribution is 2.36. The third-order valence-electron chi connectivity index (χ3n) is 6.89. The third-order valence-corrected chi connectivity index (χ3v) is 7.54. The monoisotopic (exact) mass is 469 g/mol. The SMILES string of the molecule is CSCC[C@@H](NC(=O)CCCc1ccccc1)C(=O)N1CCC2(CC1)NCCc1[nH]cnc12. The van der Waals surface area contributed by atoms with Crippen molar-refractivity contribution >= 4 is 23.6 Å². The Labute approximate surface area is 200 Å². The van der Waals surface area contributed by atoms with Gasteiger partial charge in [0.05, 0.1) is 17.6 Å². The molecule has 1 fully saturated rings. The fraction of sp³-hybridized carbons (Fsp3) is 0.560. The lowest BCUT2D eigenvalue weighted by Crippen LogP contribution is -2.57. The Hall–Kier alpha value is -2.32. The molecule has 1 atom stereocenters. The van der Waals surface area contributed by atoms with Crippen LogP contribution in [0.4, 0.5) is 0 Å². The van der Waals surface area contributed by atoms with Gasteiger partial charge < -0.3 is 20.5 Å². The highest BCUT2D eigenvalue weighted by molar-refractivity contribution is 7.98. The van der Waals surface area contributed by atoms with E-state index in [4.69, 9.17) is 0 Å².